The first-order valence-corrected chi connectivity index (χ1v) is 7.62. The van der Waals surface area contributed by atoms with E-state index in [1.807, 2.05) is 6.07 Å². The maximum atomic E-state index is 12.4. The molecule has 20 heavy (non-hydrogen) atoms. The molecule has 1 aliphatic carbocycles. The van der Waals surface area contributed by atoms with Crippen LogP contribution >= 0.6 is 15.9 Å². The lowest BCUT2D eigenvalue weighted by atomic mass is 9.99. The fraction of sp³-hybridized carbons (Fsp3) is 0.235. The standard InChI is InChI=1S/C17H16BrNO/c18-14-6-7-15(16(19)10-14)17(20)9-11-4-5-12-2-1-3-13(12)8-11/h4-8,10H,1-3,9,19H2. The third-order valence-electron chi connectivity index (χ3n) is 3.84. The molecule has 0 spiro atoms. The van der Waals surface area contributed by atoms with E-state index in [-0.39, 0.29) is 5.78 Å². The van der Waals surface area contributed by atoms with Gasteiger partial charge in [0.15, 0.2) is 5.78 Å². The van der Waals surface area contributed by atoms with Crippen LogP contribution in [-0.4, -0.2) is 5.78 Å². The van der Waals surface area contributed by atoms with E-state index in [0.717, 1.165) is 16.5 Å². The fourth-order valence-corrected chi connectivity index (χ4v) is 3.18. The van der Waals surface area contributed by atoms with E-state index in [0.29, 0.717) is 17.7 Å². The van der Waals surface area contributed by atoms with Crippen molar-refractivity contribution in [3.63, 3.8) is 0 Å². The van der Waals surface area contributed by atoms with Gasteiger partial charge >= 0.3 is 0 Å². The normalized spacial score (nSPS) is 13.2. The van der Waals surface area contributed by atoms with Gasteiger partial charge in [-0.2, -0.15) is 0 Å². The lowest BCUT2D eigenvalue weighted by Crippen LogP contribution is -2.07. The zero-order valence-corrected chi connectivity index (χ0v) is 12.7. The Balaban J connectivity index is 1.82. The fourth-order valence-electron chi connectivity index (χ4n) is 2.80. The molecule has 2 nitrogen and oxygen atoms in total. The molecule has 0 aliphatic heterocycles. The van der Waals surface area contributed by atoms with Crippen LogP contribution in [0.2, 0.25) is 0 Å². The molecular weight excluding hydrogens is 314 g/mol. The first-order chi connectivity index (χ1) is 9.63. The Labute approximate surface area is 127 Å². The number of halogens is 1. The summed E-state index contributed by atoms with van der Waals surface area (Å²) in [6.45, 7) is 0. The predicted molar refractivity (Wildman–Crippen MR) is 85.1 cm³/mol. The van der Waals surface area contributed by atoms with Crippen LogP contribution < -0.4 is 5.73 Å². The van der Waals surface area contributed by atoms with Gasteiger partial charge in [0, 0.05) is 22.1 Å². The number of hydrogen-bond acceptors (Lipinski definition) is 2. The van der Waals surface area contributed by atoms with Gasteiger partial charge in [-0.05, 0) is 54.2 Å². The zero-order chi connectivity index (χ0) is 14.1. The number of rotatable bonds is 3. The first kappa shape index (κ1) is 13.4. The Bertz CT molecular complexity index is 679. The van der Waals surface area contributed by atoms with Gasteiger partial charge in [0.25, 0.3) is 0 Å². The maximum absolute atomic E-state index is 12.4. The van der Waals surface area contributed by atoms with E-state index in [1.165, 1.54) is 24.0 Å². The first-order valence-electron chi connectivity index (χ1n) is 6.82. The summed E-state index contributed by atoms with van der Waals surface area (Å²) < 4.78 is 0.893. The van der Waals surface area contributed by atoms with Crippen LogP contribution in [0.15, 0.2) is 40.9 Å². The number of Topliss-reactive ketones (excluding diaryl/α,β-unsaturated/α-hetero) is 1. The molecule has 0 aromatic heterocycles. The van der Waals surface area contributed by atoms with Crippen LogP contribution in [0.1, 0.15) is 33.5 Å². The number of benzene rings is 2. The Hall–Kier alpha value is -1.61. The monoisotopic (exact) mass is 329 g/mol. The van der Waals surface area contributed by atoms with E-state index in [1.54, 1.807) is 12.1 Å². The number of ketones is 1. The number of carbonyl (C=O) groups is 1. The van der Waals surface area contributed by atoms with Gasteiger partial charge in [0.1, 0.15) is 0 Å². The van der Waals surface area contributed by atoms with Gasteiger partial charge < -0.3 is 5.73 Å². The van der Waals surface area contributed by atoms with Crippen molar-refractivity contribution >= 4 is 27.4 Å². The second kappa shape index (κ2) is 5.41. The minimum absolute atomic E-state index is 0.0768. The predicted octanol–water partition coefficient (Wildman–Crippen LogP) is 3.95. The van der Waals surface area contributed by atoms with Crippen LogP contribution in [0.25, 0.3) is 0 Å². The van der Waals surface area contributed by atoms with Gasteiger partial charge in [0.2, 0.25) is 0 Å². The number of fused-ring (bicyclic) bond motifs is 1. The topological polar surface area (TPSA) is 43.1 Å². The van der Waals surface area contributed by atoms with Gasteiger partial charge in [-0.25, -0.2) is 0 Å². The van der Waals surface area contributed by atoms with Crippen molar-refractivity contribution in [1.29, 1.82) is 0 Å². The summed E-state index contributed by atoms with van der Waals surface area (Å²) in [7, 11) is 0. The molecule has 0 atom stereocenters. The van der Waals surface area contributed by atoms with Gasteiger partial charge in [0.05, 0.1) is 0 Å². The Morgan fingerprint density at radius 3 is 2.70 bits per heavy atom. The summed E-state index contributed by atoms with van der Waals surface area (Å²) in [5, 5.41) is 0. The zero-order valence-electron chi connectivity index (χ0n) is 11.2. The van der Waals surface area contributed by atoms with Crippen molar-refractivity contribution in [3.8, 4) is 0 Å². The lowest BCUT2D eigenvalue weighted by molar-refractivity contribution is 0.0994. The third-order valence-corrected chi connectivity index (χ3v) is 4.33. The number of aryl methyl sites for hydroxylation is 2. The molecule has 2 aromatic rings. The number of carbonyl (C=O) groups excluding carboxylic acids is 1. The van der Waals surface area contributed by atoms with Crippen LogP contribution in [0.3, 0.4) is 0 Å². The molecule has 0 fully saturated rings. The average molecular weight is 330 g/mol. The lowest BCUT2D eigenvalue weighted by Gasteiger charge is -2.07. The number of nitrogen functional groups attached to an aromatic ring is 1. The van der Waals surface area contributed by atoms with Gasteiger partial charge in [-0.15, -0.1) is 0 Å². The van der Waals surface area contributed by atoms with E-state index in [4.69, 9.17) is 5.73 Å². The molecule has 0 saturated heterocycles. The molecule has 102 valence electrons. The molecule has 0 radical (unpaired) electrons. The molecule has 1 aliphatic rings. The van der Waals surface area contributed by atoms with Crippen molar-refractivity contribution < 1.29 is 4.79 Å². The second-order valence-electron chi connectivity index (χ2n) is 5.29. The third kappa shape index (κ3) is 2.63. The molecular formula is C17H16BrNO. The smallest absolute Gasteiger partial charge is 0.169 e. The van der Waals surface area contributed by atoms with Crippen molar-refractivity contribution in [2.75, 3.05) is 5.73 Å². The molecule has 0 bridgehead atoms. The van der Waals surface area contributed by atoms with Crippen LogP contribution in [0.4, 0.5) is 5.69 Å². The highest BCUT2D eigenvalue weighted by Crippen LogP contribution is 2.24. The SMILES string of the molecule is Nc1cc(Br)ccc1C(=O)Cc1ccc2c(c1)CCC2. The van der Waals surface area contributed by atoms with E-state index in [2.05, 4.69) is 34.1 Å². The summed E-state index contributed by atoms with van der Waals surface area (Å²) >= 11 is 3.35. The van der Waals surface area contributed by atoms with E-state index in [9.17, 15) is 4.79 Å². The quantitative estimate of drug-likeness (QED) is 0.684. The summed E-state index contributed by atoms with van der Waals surface area (Å²) in [5.74, 6) is 0.0768. The summed E-state index contributed by atoms with van der Waals surface area (Å²) in [4.78, 5) is 12.4. The number of nitrogens with two attached hydrogens (primary N) is 1. The van der Waals surface area contributed by atoms with Gasteiger partial charge in [-0.3, -0.25) is 4.79 Å². The minimum Gasteiger partial charge on any atom is -0.398 e. The largest absolute Gasteiger partial charge is 0.398 e. The maximum Gasteiger partial charge on any atom is 0.169 e. The van der Waals surface area contributed by atoms with Crippen LogP contribution in [0, 0.1) is 0 Å². The Morgan fingerprint density at radius 1 is 1.10 bits per heavy atom. The molecule has 2 N–H and O–H groups in total. The molecule has 0 saturated carbocycles. The molecule has 3 heteroatoms. The van der Waals surface area contributed by atoms with E-state index < -0.39 is 0 Å². The summed E-state index contributed by atoms with van der Waals surface area (Å²) in [6.07, 6.45) is 3.95. The summed E-state index contributed by atoms with van der Waals surface area (Å²) in [5.41, 5.74) is 11.0. The molecule has 0 amide bonds. The minimum atomic E-state index is 0.0768. The van der Waals surface area contributed by atoms with Crippen molar-refractivity contribution in [3.05, 3.63) is 63.1 Å². The Morgan fingerprint density at radius 2 is 1.90 bits per heavy atom. The molecule has 0 unspecified atom stereocenters. The highest BCUT2D eigenvalue weighted by Gasteiger charge is 2.14. The molecule has 0 heterocycles. The van der Waals surface area contributed by atoms with Crippen LogP contribution in [-0.2, 0) is 19.3 Å². The average Bonchev–Trinajstić information content (AvgIpc) is 2.85. The highest BCUT2D eigenvalue weighted by atomic mass is 79.9. The van der Waals surface area contributed by atoms with E-state index >= 15 is 0 Å². The number of anilines is 1. The van der Waals surface area contributed by atoms with Crippen molar-refractivity contribution in [1.82, 2.24) is 0 Å². The molecule has 3 rings (SSSR count). The summed E-state index contributed by atoms with van der Waals surface area (Å²) in [6, 6.07) is 11.8. The van der Waals surface area contributed by atoms with Gasteiger partial charge in [-0.1, -0.05) is 34.1 Å². The van der Waals surface area contributed by atoms with Crippen molar-refractivity contribution in [2.45, 2.75) is 25.7 Å². The van der Waals surface area contributed by atoms with Crippen LogP contribution in [0.5, 0.6) is 0 Å². The van der Waals surface area contributed by atoms with Crippen molar-refractivity contribution in [2.24, 2.45) is 0 Å². The highest BCUT2D eigenvalue weighted by molar-refractivity contribution is 9.10. The molecule has 2 aromatic carbocycles. The Kier molecular flexibility index (Phi) is 3.62. The second-order valence-corrected chi connectivity index (χ2v) is 6.20. The number of hydrogen-bond donors (Lipinski definition) is 1.